The minimum atomic E-state index is -0.426. The number of terminal acetylenes is 1. The van der Waals surface area contributed by atoms with E-state index in [-0.39, 0.29) is 6.09 Å². The summed E-state index contributed by atoms with van der Waals surface area (Å²) in [4.78, 5) is 16.2. The van der Waals surface area contributed by atoms with E-state index in [0.29, 0.717) is 6.04 Å². The molecule has 1 aliphatic heterocycles. The number of allylic oxidation sites excluding steroid dienone is 1. The fourth-order valence-corrected chi connectivity index (χ4v) is 2.67. The predicted molar refractivity (Wildman–Crippen MR) is 79.3 cm³/mol. The Kier molecular flexibility index (Phi) is 4.39. The van der Waals surface area contributed by atoms with Crippen LogP contribution in [0.4, 0.5) is 4.79 Å². The molecule has 0 bridgehead atoms. The topological polar surface area (TPSA) is 32.8 Å². The maximum absolute atomic E-state index is 12.0. The Morgan fingerprint density at radius 2 is 2.00 bits per heavy atom. The van der Waals surface area contributed by atoms with E-state index in [1.165, 1.54) is 0 Å². The van der Waals surface area contributed by atoms with E-state index in [9.17, 15) is 4.79 Å². The number of hydrogen-bond acceptors (Lipinski definition) is 3. The van der Waals surface area contributed by atoms with Crippen LogP contribution in [0.25, 0.3) is 0 Å². The largest absolute Gasteiger partial charge is 0.444 e. The van der Waals surface area contributed by atoms with Crippen molar-refractivity contribution >= 4 is 6.09 Å². The third-order valence-corrected chi connectivity index (χ3v) is 3.72. The Morgan fingerprint density at radius 1 is 1.35 bits per heavy atom. The van der Waals surface area contributed by atoms with Crippen LogP contribution in [-0.2, 0) is 4.74 Å². The minimum absolute atomic E-state index is 0.205. The average molecular weight is 276 g/mol. The summed E-state index contributed by atoms with van der Waals surface area (Å²) in [5.74, 6) is 2.74. The Bertz CT molecular complexity index is 434. The van der Waals surface area contributed by atoms with E-state index in [1.54, 1.807) is 4.90 Å². The van der Waals surface area contributed by atoms with Crippen LogP contribution >= 0.6 is 0 Å². The summed E-state index contributed by atoms with van der Waals surface area (Å²) in [5.41, 5.74) is 0.689. The van der Waals surface area contributed by atoms with Gasteiger partial charge in [0.05, 0.1) is 0 Å². The number of piperazine rings is 1. The molecule has 4 nitrogen and oxygen atoms in total. The van der Waals surface area contributed by atoms with Gasteiger partial charge in [-0.15, -0.1) is 6.42 Å². The van der Waals surface area contributed by atoms with Crippen molar-refractivity contribution in [2.24, 2.45) is 0 Å². The smallest absolute Gasteiger partial charge is 0.410 e. The molecule has 110 valence electrons. The van der Waals surface area contributed by atoms with Gasteiger partial charge in [-0.2, -0.15) is 0 Å². The molecule has 0 N–H and O–H groups in total. The van der Waals surface area contributed by atoms with Crippen LogP contribution in [0.1, 0.15) is 33.6 Å². The Labute approximate surface area is 121 Å². The highest BCUT2D eigenvalue weighted by atomic mass is 16.6. The number of rotatable bonds is 1. The van der Waals surface area contributed by atoms with Crippen molar-refractivity contribution in [3.63, 3.8) is 0 Å². The first-order chi connectivity index (χ1) is 9.39. The quantitative estimate of drug-likeness (QED) is 0.689. The van der Waals surface area contributed by atoms with Gasteiger partial charge in [0.1, 0.15) is 5.60 Å². The zero-order valence-corrected chi connectivity index (χ0v) is 12.7. The lowest BCUT2D eigenvalue weighted by Gasteiger charge is -2.37. The lowest BCUT2D eigenvalue weighted by atomic mass is 10.2. The molecule has 1 aliphatic carbocycles. The molecule has 0 radical (unpaired) electrons. The van der Waals surface area contributed by atoms with Gasteiger partial charge in [-0.25, -0.2) is 4.79 Å². The molecule has 0 unspecified atom stereocenters. The number of carbonyl (C=O) groups is 1. The Balaban J connectivity index is 1.83. The zero-order chi connectivity index (χ0) is 14.8. The molecule has 1 atom stereocenters. The summed E-state index contributed by atoms with van der Waals surface area (Å²) >= 11 is 0. The van der Waals surface area contributed by atoms with Gasteiger partial charge in [0, 0.05) is 32.2 Å². The second-order valence-corrected chi connectivity index (χ2v) is 6.45. The van der Waals surface area contributed by atoms with E-state index in [4.69, 9.17) is 11.2 Å². The molecular formula is C16H24N2O2. The summed E-state index contributed by atoms with van der Waals surface area (Å²) < 4.78 is 5.40. The number of hydrogen-bond donors (Lipinski definition) is 0. The van der Waals surface area contributed by atoms with Crippen molar-refractivity contribution in [1.29, 1.82) is 0 Å². The van der Waals surface area contributed by atoms with E-state index < -0.39 is 5.60 Å². The van der Waals surface area contributed by atoms with Crippen molar-refractivity contribution in [3.8, 4) is 12.3 Å². The van der Waals surface area contributed by atoms with Crippen LogP contribution in [0.3, 0.4) is 0 Å². The predicted octanol–water partition coefficient (Wildman–Crippen LogP) is 2.26. The van der Waals surface area contributed by atoms with Gasteiger partial charge in [-0.3, -0.25) is 4.90 Å². The van der Waals surface area contributed by atoms with Crippen LogP contribution in [0.5, 0.6) is 0 Å². The highest BCUT2D eigenvalue weighted by Crippen LogP contribution is 2.23. The van der Waals surface area contributed by atoms with Gasteiger partial charge in [0.15, 0.2) is 0 Å². The Morgan fingerprint density at radius 3 is 2.50 bits per heavy atom. The number of amides is 1. The van der Waals surface area contributed by atoms with Crippen LogP contribution < -0.4 is 0 Å². The van der Waals surface area contributed by atoms with Crippen molar-refractivity contribution in [3.05, 3.63) is 11.6 Å². The summed E-state index contributed by atoms with van der Waals surface area (Å²) in [6.45, 7) is 8.91. The Hall–Kier alpha value is -1.47. The van der Waals surface area contributed by atoms with Crippen molar-refractivity contribution < 1.29 is 9.53 Å². The fraction of sp³-hybridized carbons (Fsp3) is 0.688. The van der Waals surface area contributed by atoms with Gasteiger partial charge in [-0.05, 0) is 39.2 Å². The van der Waals surface area contributed by atoms with E-state index >= 15 is 0 Å². The van der Waals surface area contributed by atoms with Gasteiger partial charge < -0.3 is 9.64 Å². The molecule has 1 saturated heterocycles. The van der Waals surface area contributed by atoms with Crippen LogP contribution in [-0.4, -0.2) is 53.7 Å². The standard InChI is InChI=1S/C16H24N2O2/c1-5-13-6-7-14(12-13)17-8-10-18(11-9-17)15(19)20-16(2,3)4/h1,12,14H,6-11H2,2-4H3/t14-/m1/s1. The number of nitrogens with zero attached hydrogens (tertiary/aromatic N) is 2. The summed E-state index contributed by atoms with van der Waals surface area (Å²) in [6.07, 6.45) is 9.54. The molecule has 0 saturated carbocycles. The monoisotopic (exact) mass is 276 g/mol. The van der Waals surface area contributed by atoms with Crippen LogP contribution in [0, 0.1) is 12.3 Å². The maximum Gasteiger partial charge on any atom is 0.410 e. The lowest BCUT2D eigenvalue weighted by molar-refractivity contribution is 0.0123. The number of ether oxygens (including phenoxy) is 1. The normalized spacial score (nSPS) is 24.2. The van der Waals surface area contributed by atoms with E-state index in [0.717, 1.165) is 44.6 Å². The van der Waals surface area contributed by atoms with E-state index in [1.807, 2.05) is 20.8 Å². The molecule has 1 fully saturated rings. The van der Waals surface area contributed by atoms with Gasteiger partial charge in [-0.1, -0.05) is 12.0 Å². The minimum Gasteiger partial charge on any atom is -0.444 e. The molecule has 0 aromatic rings. The highest BCUT2D eigenvalue weighted by molar-refractivity contribution is 5.68. The molecule has 0 aromatic heterocycles. The van der Waals surface area contributed by atoms with Crippen molar-refractivity contribution in [2.45, 2.75) is 45.3 Å². The molecule has 20 heavy (non-hydrogen) atoms. The molecule has 2 aliphatic rings. The third kappa shape index (κ3) is 3.77. The zero-order valence-electron chi connectivity index (χ0n) is 12.7. The summed E-state index contributed by atoms with van der Waals surface area (Å²) in [6, 6.07) is 0.446. The lowest BCUT2D eigenvalue weighted by Crippen LogP contribution is -2.52. The molecule has 2 rings (SSSR count). The van der Waals surface area contributed by atoms with Gasteiger partial charge in [0.25, 0.3) is 0 Å². The highest BCUT2D eigenvalue weighted by Gasteiger charge is 2.29. The molecule has 1 heterocycles. The molecule has 0 spiro atoms. The number of carbonyl (C=O) groups excluding carboxylic acids is 1. The maximum atomic E-state index is 12.0. The first-order valence-corrected chi connectivity index (χ1v) is 7.28. The first-order valence-electron chi connectivity index (χ1n) is 7.28. The second-order valence-electron chi connectivity index (χ2n) is 6.45. The van der Waals surface area contributed by atoms with Crippen LogP contribution in [0.2, 0.25) is 0 Å². The van der Waals surface area contributed by atoms with Crippen molar-refractivity contribution in [1.82, 2.24) is 9.80 Å². The third-order valence-electron chi connectivity index (χ3n) is 3.72. The van der Waals surface area contributed by atoms with Gasteiger partial charge in [0.2, 0.25) is 0 Å². The fourth-order valence-electron chi connectivity index (χ4n) is 2.67. The molecular weight excluding hydrogens is 252 g/mol. The van der Waals surface area contributed by atoms with Crippen molar-refractivity contribution in [2.75, 3.05) is 26.2 Å². The molecule has 1 amide bonds. The SMILES string of the molecule is C#CC1=C[C@H](N2CCN(C(=O)OC(C)(C)C)CC2)CC1. The first kappa shape index (κ1) is 14.9. The van der Waals surface area contributed by atoms with Gasteiger partial charge >= 0.3 is 6.09 Å². The second kappa shape index (κ2) is 5.88. The summed E-state index contributed by atoms with van der Waals surface area (Å²) in [7, 11) is 0. The van der Waals surface area contributed by atoms with Crippen LogP contribution in [0.15, 0.2) is 11.6 Å². The summed E-state index contributed by atoms with van der Waals surface area (Å²) in [5, 5.41) is 0. The molecule has 0 aromatic carbocycles. The average Bonchev–Trinajstić information content (AvgIpc) is 2.85. The molecule has 4 heteroatoms. The van der Waals surface area contributed by atoms with E-state index in [2.05, 4.69) is 16.9 Å².